The summed E-state index contributed by atoms with van der Waals surface area (Å²) in [7, 11) is 0. The highest BCUT2D eigenvalue weighted by atomic mass is 16.3. The molecule has 0 aliphatic carbocycles. The number of hydrogen-bond donors (Lipinski definition) is 4. The Kier molecular flexibility index (Phi) is 11.0. The van der Waals surface area contributed by atoms with Gasteiger partial charge in [0, 0.05) is 36.4 Å². The van der Waals surface area contributed by atoms with Gasteiger partial charge in [-0.15, -0.1) is 0 Å². The van der Waals surface area contributed by atoms with Gasteiger partial charge in [0.1, 0.15) is 12.2 Å². The van der Waals surface area contributed by atoms with E-state index in [1.807, 2.05) is 80.6 Å². The largest absolute Gasteiger partial charge is 0.388 e. The van der Waals surface area contributed by atoms with Crippen molar-refractivity contribution in [1.29, 1.82) is 0 Å². The summed E-state index contributed by atoms with van der Waals surface area (Å²) in [5, 5.41) is 29.6. The lowest BCUT2D eigenvalue weighted by atomic mass is 9.90. The van der Waals surface area contributed by atoms with Crippen LogP contribution in [0.2, 0.25) is 0 Å². The highest BCUT2D eigenvalue weighted by molar-refractivity contribution is 5.98. The number of nitrogens with one attached hydrogen (secondary N) is 2. The van der Waals surface area contributed by atoms with Gasteiger partial charge in [-0.1, -0.05) is 78.9 Å². The number of aliphatic hydroxyl groups excluding tert-OH is 2. The molecule has 0 spiro atoms. The summed E-state index contributed by atoms with van der Waals surface area (Å²) < 4.78 is 0. The van der Waals surface area contributed by atoms with Crippen LogP contribution in [0.5, 0.6) is 0 Å². The number of anilines is 1. The summed E-state index contributed by atoms with van der Waals surface area (Å²) in [6.07, 6.45) is -2.12. The topological polar surface area (TPSA) is 122 Å². The minimum Gasteiger partial charge on any atom is -0.388 e. The third-order valence-corrected chi connectivity index (χ3v) is 8.50. The minimum absolute atomic E-state index is 0.0674. The molecule has 1 aliphatic heterocycles. The molecule has 5 rings (SSSR count). The molecule has 244 valence electrons. The van der Waals surface area contributed by atoms with Gasteiger partial charge in [-0.3, -0.25) is 14.5 Å². The van der Waals surface area contributed by atoms with Gasteiger partial charge in [0.05, 0.1) is 12.1 Å². The molecule has 1 saturated heterocycles. The van der Waals surface area contributed by atoms with Gasteiger partial charge < -0.3 is 25.7 Å². The van der Waals surface area contributed by atoms with Crippen LogP contribution in [0.3, 0.4) is 0 Å². The van der Waals surface area contributed by atoms with Crippen molar-refractivity contribution in [3.8, 4) is 0 Å². The number of benzene rings is 4. The number of urea groups is 1. The molecule has 4 N–H and O–H groups in total. The maximum absolute atomic E-state index is 15.0. The van der Waals surface area contributed by atoms with Gasteiger partial charge in [-0.25, -0.2) is 4.79 Å². The molecule has 0 aromatic heterocycles. The van der Waals surface area contributed by atoms with E-state index in [0.29, 0.717) is 35.5 Å². The van der Waals surface area contributed by atoms with E-state index in [1.54, 1.807) is 47.4 Å². The molecule has 1 heterocycles. The van der Waals surface area contributed by atoms with Crippen LogP contribution < -0.4 is 15.5 Å². The van der Waals surface area contributed by atoms with Crippen LogP contribution in [0.25, 0.3) is 0 Å². The van der Waals surface area contributed by atoms with Crippen molar-refractivity contribution >= 4 is 23.5 Å². The Balaban J connectivity index is 1.64. The van der Waals surface area contributed by atoms with Gasteiger partial charge in [0.15, 0.2) is 0 Å². The Bertz CT molecular complexity index is 1670. The maximum atomic E-state index is 15.0. The summed E-state index contributed by atoms with van der Waals surface area (Å²) in [6, 6.07) is 30.8. The molecule has 0 bridgehead atoms. The summed E-state index contributed by atoms with van der Waals surface area (Å²) in [6.45, 7) is 4.67. The van der Waals surface area contributed by atoms with Crippen molar-refractivity contribution in [2.75, 3.05) is 18.0 Å². The van der Waals surface area contributed by atoms with Crippen LogP contribution in [0.15, 0.2) is 109 Å². The van der Waals surface area contributed by atoms with Gasteiger partial charge in [-0.2, -0.15) is 0 Å². The second kappa shape index (κ2) is 15.5. The van der Waals surface area contributed by atoms with E-state index < -0.39 is 30.3 Å². The van der Waals surface area contributed by atoms with Crippen LogP contribution in [0.1, 0.15) is 51.3 Å². The molecule has 0 radical (unpaired) electrons. The quantitative estimate of drug-likeness (QED) is 0.193. The van der Waals surface area contributed by atoms with Crippen molar-refractivity contribution in [3.05, 3.63) is 137 Å². The average molecular weight is 635 g/mol. The first-order valence-corrected chi connectivity index (χ1v) is 16.1. The molecular formula is C38H42N4O5. The Labute approximate surface area is 275 Å². The van der Waals surface area contributed by atoms with Gasteiger partial charge in [0.2, 0.25) is 0 Å². The monoisotopic (exact) mass is 634 g/mol. The summed E-state index contributed by atoms with van der Waals surface area (Å²) in [5.74, 6) is -0.502. The first-order valence-electron chi connectivity index (χ1n) is 16.1. The molecule has 47 heavy (non-hydrogen) atoms. The van der Waals surface area contributed by atoms with Crippen LogP contribution in [0, 0.1) is 0 Å². The predicted octanol–water partition coefficient (Wildman–Crippen LogP) is 4.57. The van der Waals surface area contributed by atoms with Crippen LogP contribution in [0.4, 0.5) is 10.5 Å². The molecule has 4 aromatic carbocycles. The zero-order valence-electron chi connectivity index (χ0n) is 26.8. The lowest BCUT2D eigenvalue weighted by molar-refractivity contribution is -0.0291. The average Bonchev–Trinajstić information content (AvgIpc) is 3.16. The van der Waals surface area contributed by atoms with Crippen molar-refractivity contribution in [1.82, 2.24) is 15.5 Å². The number of amides is 4. The predicted molar refractivity (Wildman–Crippen MR) is 182 cm³/mol. The lowest BCUT2D eigenvalue weighted by Crippen LogP contribution is -2.51. The van der Waals surface area contributed by atoms with Crippen molar-refractivity contribution < 1.29 is 24.6 Å². The fourth-order valence-corrected chi connectivity index (χ4v) is 6.19. The van der Waals surface area contributed by atoms with E-state index in [-0.39, 0.29) is 31.2 Å². The van der Waals surface area contributed by atoms with Crippen molar-refractivity contribution in [2.45, 2.75) is 57.5 Å². The molecule has 0 saturated carbocycles. The zero-order chi connectivity index (χ0) is 33.3. The molecule has 1 aliphatic rings. The second-order valence-corrected chi connectivity index (χ2v) is 11.7. The molecule has 4 aromatic rings. The minimum atomic E-state index is -1.34. The van der Waals surface area contributed by atoms with Gasteiger partial charge in [0.25, 0.3) is 11.8 Å². The lowest BCUT2D eigenvalue weighted by Gasteiger charge is -2.36. The molecule has 9 heteroatoms. The number of hydrogen-bond acceptors (Lipinski definition) is 5. The summed E-state index contributed by atoms with van der Waals surface area (Å²) in [4.78, 5) is 43.7. The van der Waals surface area contributed by atoms with E-state index in [0.717, 1.165) is 11.1 Å². The van der Waals surface area contributed by atoms with Gasteiger partial charge in [-0.05, 0) is 73.7 Å². The second-order valence-electron chi connectivity index (χ2n) is 11.7. The van der Waals surface area contributed by atoms with E-state index in [9.17, 15) is 19.8 Å². The number of rotatable bonds is 11. The molecule has 1 fully saturated rings. The molecule has 4 atom stereocenters. The van der Waals surface area contributed by atoms with E-state index >= 15 is 4.79 Å². The highest BCUT2D eigenvalue weighted by Gasteiger charge is 2.47. The maximum Gasteiger partial charge on any atom is 0.325 e. The van der Waals surface area contributed by atoms with Crippen LogP contribution in [-0.4, -0.2) is 70.3 Å². The fraction of sp³-hybridized carbons (Fsp3) is 0.289. The van der Waals surface area contributed by atoms with E-state index in [1.165, 1.54) is 4.90 Å². The standard InChI is InChI=1S/C38H42N4O5/c1-3-39-36(45)29-18-11-17-28(21-29)25-41-32(22-26-13-7-5-8-14-26)34(43)35(44)33(23-27-15-9-6-10-16-27)42(38(41)47)31-20-12-19-30(24-31)37(46)40-4-2/h5-21,24,32-35,43-44H,3-4,22-23,25H2,1-2H3,(H,39,45)(H,40,46)/t32-,33-,34+,35+/m1/s1. The molecule has 9 nitrogen and oxygen atoms in total. The van der Waals surface area contributed by atoms with E-state index in [2.05, 4.69) is 10.6 Å². The van der Waals surface area contributed by atoms with Gasteiger partial charge >= 0.3 is 6.03 Å². The smallest absolute Gasteiger partial charge is 0.325 e. The summed E-state index contributed by atoms with van der Waals surface area (Å²) >= 11 is 0. The van der Waals surface area contributed by atoms with Crippen LogP contribution >= 0.6 is 0 Å². The highest BCUT2D eigenvalue weighted by Crippen LogP contribution is 2.33. The Morgan fingerprint density at radius 3 is 1.70 bits per heavy atom. The Morgan fingerprint density at radius 1 is 0.638 bits per heavy atom. The summed E-state index contributed by atoms with van der Waals surface area (Å²) in [5.41, 5.74) is 3.72. The number of carbonyl (C=O) groups is 3. The number of carbonyl (C=O) groups excluding carboxylic acids is 3. The SMILES string of the molecule is CCNC(=O)c1cccc(CN2C(=O)N(c3cccc(C(=O)NCC)c3)[C@H](Cc3ccccc3)[C@H](O)[C@@H](O)[C@H]2Cc2ccccc2)c1. The third kappa shape index (κ3) is 7.88. The number of aliphatic hydroxyl groups is 2. The first kappa shape index (κ1) is 33.4. The van der Waals surface area contributed by atoms with Crippen molar-refractivity contribution in [3.63, 3.8) is 0 Å². The number of nitrogens with zero attached hydrogens (tertiary/aromatic N) is 2. The third-order valence-electron chi connectivity index (χ3n) is 8.50. The zero-order valence-corrected chi connectivity index (χ0v) is 26.8. The van der Waals surface area contributed by atoms with E-state index in [4.69, 9.17) is 0 Å². The molecule has 4 amide bonds. The van der Waals surface area contributed by atoms with Crippen molar-refractivity contribution in [2.24, 2.45) is 0 Å². The first-order chi connectivity index (χ1) is 22.8. The fourth-order valence-electron chi connectivity index (χ4n) is 6.19. The Hall–Kier alpha value is -4.99. The Morgan fingerprint density at radius 2 is 1.13 bits per heavy atom. The molecular weight excluding hydrogens is 592 g/mol. The molecule has 0 unspecified atom stereocenters. The normalized spacial score (nSPS) is 19.6. The van der Waals surface area contributed by atoms with Crippen LogP contribution in [-0.2, 0) is 19.4 Å².